The van der Waals surface area contributed by atoms with E-state index in [1.165, 1.54) is 17.7 Å². The van der Waals surface area contributed by atoms with Crippen LogP contribution in [0.2, 0.25) is 0 Å². The molecule has 0 aliphatic heterocycles. The van der Waals surface area contributed by atoms with Crippen molar-refractivity contribution in [3.05, 3.63) is 64.4 Å². The summed E-state index contributed by atoms with van der Waals surface area (Å²) >= 11 is 3.29. The molecule has 0 radical (unpaired) electrons. The standard InChI is InChI=1S/C16H16BrFO/c17-15-12-14(18)9-10-16(15)19-11-5-4-8-13-6-2-1-3-7-13/h1-3,6-7,9-10,12H,4-5,8,11H2. The molecule has 0 N–H and O–H groups in total. The molecule has 2 rings (SSSR count). The molecule has 0 bridgehead atoms. The number of hydrogen-bond acceptors (Lipinski definition) is 1. The van der Waals surface area contributed by atoms with Crippen LogP contribution in [0.5, 0.6) is 5.75 Å². The summed E-state index contributed by atoms with van der Waals surface area (Å²) in [6.45, 7) is 0.650. The molecular weight excluding hydrogens is 307 g/mol. The summed E-state index contributed by atoms with van der Waals surface area (Å²) in [6.07, 6.45) is 3.14. The third-order valence-electron chi connectivity index (χ3n) is 2.85. The maximum absolute atomic E-state index is 12.9. The summed E-state index contributed by atoms with van der Waals surface area (Å²) in [5.74, 6) is 0.435. The van der Waals surface area contributed by atoms with Crippen molar-refractivity contribution in [2.24, 2.45) is 0 Å². The zero-order valence-electron chi connectivity index (χ0n) is 10.6. The maximum atomic E-state index is 12.9. The Morgan fingerprint density at radius 1 is 1.00 bits per heavy atom. The van der Waals surface area contributed by atoms with E-state index in [2.05, 4.69) is 40.2 Å². The summed E-state index contributed by atoms with van der Waals surface area (Å²) in [7, 11) is 0. The van der Waals surface area contributed by atoms with Gasteiger partial charge in [-0.3, -0.25) is 0 Å². The van der Waals surface area contributed by atoms with Crippen molar-refractivity contribution >= 4 is 15.9 Å². The van der Waals surface area contributed by atoms with Crippen molar-refractivity contribution in [1.29, 1.82) is 0 Å². The summed E-state index contributed by atoms with van der Waals surface area (Å²) in [5.41, 5.74) is 1.35. The van der Waals surface area contributed by atoms with E-state index in [9.17, 15) is 4.39 Å². The molecule has 0 heterocycles. The molecule has 0 saturated carbocycles. The Hall–Kier alpha value is -1.35. The first-order valence-electron chi connectivity index (χ1n) is 6.37. The van der Waals surface area contributed by atoms with Crippen molar-refractivity contribution in [1.82, 2.24) is 0 Å². The molecular formula is C16H16BrFO. The van der Waals surface area contributed by atoms with Gasteiger partial charge >= 0.3 is 0 Å². The lowest BCUT2D eigenvalue weighted by Crippen LogP contribution is -1.99. The van der Waals surface area contributed by atoms with Crippen molar-refractivity contribution < 1.29 is 9.13 Å². The minimum atomic E-state index is -0.261. The molecule has 2 aromatic rings. The normalized spacial score (nSPS) is 10.4. The molecule has 0 aliphatic rings. The second kappa shape index (κ2) is 7.29. The van der Waals surface area contributed by atoms with Crippen LogP contribution in [0.1, 0.15) is 18.4 Å². The smallest absolute Gasteiger partial charge is 0.133 e. The SMILES string of the molecule is Fc1ccc(OCCCCc2ccccc2)c(Br)c1. The number of halogens is 2. The lowest BCUT2D eigenvalue weighted by molar-refractivity contribution is 0.304. The molecule has 0 fully saturated rings. The quantitative estimate of drug-likeness (QED) is 0.681. The monoisotopic (exact) mass is 322 g/mol. The van der Waals surface area contributed by atoms with Gasteiger partial charge in [0.15, 0.2) is 0 Å². The van der Waals surface area contributed by atoms with Gasteiger partial charge in [-0.05, 0) is 59.0 Å². The number of rotatable bonds is 6. The van der Waals surface area contributed by atoms with Gasteiger partial charge in [-0.25, -0.2) is 4.39 Å². The Morgan fingerprint density at radius 2 is 1.79 bits per heavy atom. The van der Waals surface area contributed by atoms with Gasteiger partial charge in [-0.1, -0.05) is 30.3 Å². The first-order chi connectivity index (χ1) is 9.25. The van der Waals surface area contributed by atoms with E-state index in [4.69, 9.17) is 4.74 Å². The van der Waals surface area contributed by atoms with Crippen LogP contribution in [0.3, 0.4) is 0 Å². The third kappa shape index (κ3) is 4.67. The first-order valence-corrected chi connectivity index (χ1v) is 7.17. The van der Waals surface area contributed by atoms with E-state index in [-0.39, 0.29) is 5.82 Å². The molecule has 0 spiro atoms. The average Bonchev–Trinajstić information content (AvgIpc) is 2.42. The van der Waals surface area contributed by atoms with Crippen LogP contribution in [-0.2, 0) is 6.42 Å². The van der Waals surface area contributed by atoms with Crippen LogP contribution in [0, 0.1) is 5.82 Å². The van der Waals surface area contributed by atoms with Gasteiger partial charge in [0.2, 0.25) is 0 Å². The van der Waals surface area contributed by atoms with Crippen LogP contribution in [-0.4, -0.2) is 6.61 Å². The van der Waals surface area contributed by atoms with E-state index in [1.807, 2.05) is 6.07 Å². The highest BCUT2D eigenvalue weighted by molar-refractivity contribution is 9.10. The molecule has 2 aromatic carbocycles. The lowest BCUT2D eigenvalue weighted by atomic mass is 10.1. The zero-order valence-corrected chi connectivity index (χ0v) is 12.2. The van der Waals surface area contributed by atoms with Gasteiger partial charge < -0.3 is 4.74 Å². The minimum Gasteiger partial charge on any atom is -0.492 e. The summed E-state index contributed by atoms with van der Waals surface area (Å²) < 4.78 is 19.2. The highest BCUT2D eigenvalue weighted by Gasteiger charge is 2.02. The van der Waals surface area contributed by atoms with E-state index in [1.54, 1.807) is 6.07 Å². The number of unbranched alkanes of at least 4 members (excludes halogenated alkanes) is 1. The second-order valence-corrected chi connectivity index (χ2v) is 5.22. The van der Waals surface area contributed by atoms with Crippen LogP contribution in [0.4, 0.5) is 4.39 Å². The summed E-state index contributed by atoms with van der Waals surface area (Å²) in [6, 6.07) is 14.9. The highest BCUT2D eigenvalue weighted by atomic mass is 79.9. The Morgan fingerprint density at radius 3 is 2.53 bits per heavy atom. The molecule has 0 atom stereocenters. The third-order valence-corrected chi connectivity index (χ3v) is 3.47. The van der Waals surface area contributed by atoms with E-state index >= 15 is 0 Å². The van der Waals surface area contributed by atoms with Crippen LogP contribution in [0.15, 0.2) is 53.0 Å². The van der Waals surface area contributed by atoms with Gasteiger partial charge in [0.05, 0.1) is 11.1 Å². The molecule has 0 saturated heterocycles. The Labute approximate surface area is 121 Å². The minimum absolute atomic E-state index is 0.261. The van der Waals surface area contributed by atoms with Crippen molar-refractivity contribution in [2.75, 3.05) is 6.61 Å². The maximum Gasteiger partial charge on any atom is 0.133 e. The van der Waals surface area contributed by atoms with Gasteiger partial charge in [0.25, 0.3) is 0 Å². The van der Waals surface area contributed by atoms with Gasteiger partial charge in [-0.15, -0.1) is 0 Å². The molecule has 19 heavy (non-hydrogen) atoms. The Kier molecular flexibility index (Phi) is 5.40. The van der Waals surface area contributed by atoms with Crippen LogP contribution in [0.25, 0.3) is 0 Å². The van der Waals surface area contributed by atoms with E-state index < -0.39 is 0 Å². The van der Waals surface area contributed by atoms with Crippen LogP contribution >= 0.6 is 15.9 Å². The lowest BCUT2D eigenvalue weighted by Gasteiger charge is -2.08. The number of aryl methyl sites for hydroxylation is 1. The Balaban J connectivity index is 1.69. The molecule has 0 aliphatic carbocycles. The number of hydrogen-bond donors (Lipinski definition) is 0. The number of benzene rings is 2. The van der Waals surface area contributed by atoms with Gasteiger partial charge in [0.1, 0.15) is 11.6 Å². The fourth-order valence-corrected chi connectivity index (χ4v) is 2.32. The fourth-order valence-electron chi connectivity index (χ4n) is 1.85. The number of ether oxygens (including phenoxy) is 1. The van der Waals surface area contributed by atoms with Crippen LogP contribution < -0.4 is 4.74 Å². The summed E-state index contributed by atoms with van der Waals surface area (Å²) in [5, 5.41) is 0. The highest BCUT2D eigenvalue weighted by Crippen LogP contribution is 2.25. The molecule has 100 valence electrons. The predicted molar refractivity (Wildman–Crippen MR) is 79.0 cm³/mol. The molecule has 0 amide bonds. The Bertz CT molecular complexity index is 513. The fraction of sp³-hybridized carbons (Fsp3) is 0.250. The summed E-state index contributed by atoms with van der Waals surface area (Å²) in [4.78, 5) is 0. The topological polar surface area (TPSA) is 9.23 Å². The molecule has 1 nitrogen and oxygen atoms in total. The molecule has 0 aromatic heterocycles. The van der Waals surface area contributed by atoms with Crippen molar-refractivity contribution in [3.8, 4) is 5.75 Å². The van der Waals surface area contributed by atoms with E-state index in [0.717, 1.165) is 19.3 Å². The van der Waals surface area contributed by atoms with Gasteiger partial charge in [0, 0.05) is 0 Å². The molecule has 3 heteroatoms. The van der Waals surface area contributed by atoms with Gasteiger partial charge in [-0.2, -0.15) is 0 Å². The van der Waals surface area contributed by atoms with E-state index in [0.29, 0.717) is 16.8 Å². The zero-order chi connectivity index (χ0) is 13.5. The average molecular weight is 323 g/mol. The molecule has 0 unspecified atom stereocenters. The van der Waals surface area contributed by atoms with Crippen molar-refractivity contribution in [3.63, 3.8) is 0 Å². The largest absolute Gasteiger partial charge is 0.492 e. The first kappa shape index (κ1) is 14.1. The second-order valence-electron chi connectivity index (χ2n) is 4.37. The predicted octanol–water partition coefficient (Wildman–Crippen LogP) is 4.99. The van der Waals surface area contributed by atoms with Crippen molar-refractivity contribution in [2.45, 2.75) is 19.3 Å².